The zero-order chi connectivity index (χ0) is 18.3. The topological polar surface area (TPSA) is 70.7 Å². The number of amides is 3. The van der Waals surface area contributed by atoms with Gasteiger partial charge in [-0.05, 0) is 45.5 Å². The van der Waals surface area contributed by atoms with Crippen LogP contribution in [0.2, 0.25) is 0 Å². The largest absolute Gasteiger partial charge is 0.435 e. The third-order valence-corrected chi connectivity index (χ3v) is 2.76. The maximum absolute atomic E-state index is 12.1. The third-order valence-electron chi connectivity index (χ3n) is 2.76. The summed E-state index contributed by atoms with van der Waals surface area (Å²) in [6, 6.07) is 5.60. The fourth-order valence-electron chi connectivity index (χ4n) is 1.93. The van der Waals surface area contributed by atoms with E-state index in [0.29, 0.717) is 6.54 Å². The van der Waals surface area contributed by atoms with Crippen molar-refractivity contribution >= 4 is 11.9 Å². The number of nitrogens with zero attached hydrogens (tertiary/aromatic N) is 1. The summed E-state index contributed by atoms with van der Waals surface area (Å²) in [5.41, 5.74) is 0.393. The molecule has 0 fully saturated rings. The Hall–Kier alpha value is -2.22. The molecule has 0 aliphatic rings. The zero-order valence-corrected chi connectivity index (χ0v) is 14.2. The summed E-state index contributed by atoms with van der Waals surface area (Å²) in [6.45, 7) is 3.01. The van der Waals surface area contributed by atoms with Gasteiger partial charge in [0.2, 0.25) is 5.91 Å². The highest BCUT2D eigenvalue weighted by Gasteiger charge is 2.16. The fourth-order valence-corrected chi connectivity index (χ4v) is 1.93. The first-order valence-corrected chi connectivity index (χ1v) is 7.39. The maximum atomic E-state index is 12.1. The monoisotopic (exact) mass is 343 g/mol. The summed E-state index contributed by atoms with van der Waals surface area (Å²) in [5, 5.41) is 4.88. The first kappa shape index (κ1) is 19.8. The van der Waals surface area contributed by atoms with Crippen LogP contribution in [0.15, 0.2) is 24.3 Å². The summed E-state index contributed by atoms with van der Waals surface area (Å²) in [6.07, 6.45) is 0. The number of rotatable bonds is 6. The molecule has 134 valence electrons. The van der Waals surface area contributed by atoms with Crippen molar-refractivity contribution in [1.82, 2.24) is 15.5 Å². The molecule has 0 spiro atoms. The summed E-state index contributed by atoms with van der Waals surface area (Å²) in [4.78, 5) is 25.1. The molecular weight excluding hydrogens is 320 g/mol. The number of imide groups is 1. The van der Waals surface area contributed by atoms with Crippen LogP contribution in [0.5, 0.6) is 5.75 Å². The van der Waals surface area contributed by atoms with Crippen LogP contribution >= 0.6 is 0 Å². The number of halogens is 2. The minimum absolute atomic E-state index is 0.0207. The molecule has 0 unspecified atom stereocenters. The molecule has 0 aliphatic carbocycles. The fraction of sp³-hybridized carbons (Fsp3) is 0.500. The van der Waals surface area contributed by atoms with E-state index in [1.807, 2.05) is 20.8 Å². The second kappa shape index (κ2) is 8.58. The number of alkyl halides is 2. The summed E-state index contributed by atoms with van der Waals surface area (Å²) in [7, 11) is 1.71. The van der Waals surface area contributed by atoms with Crippen LogP contribution in [0.1, 0.15) is 26.3 Å². The normalized spacial score (nSPS) is 11.5. The molecule has 8 heteroatoms. The van der Waals surface area contributed by atoms with Gasteiger partial charge in [0.15, 0.2) is 0 Å². The zero-order valence-electron chi connectivity index (χ0n) is 14.2. The third kappa shape index (κ3) is 8.42. The molecule has 24 heavy (non-hydrogen) atoms. The molecule has 0 saturated carbocycles. The van der Waals surface area contributed by atoms with Crippen molar-refractivity contribution in [2.24, 2.45) is 0 Å². The van der Waals surface area contributed by atoms with Gasteiger partial charge in [0, 0.05) is 12.1 Å². The predicted molar refractivity (Wildman–Crippen MR) is 85.8 cm³/mol. The number of nitrogens with one attached hydrogen (secondary N) is 2. The van der Waals surface area contributed by atoms with Gasteiger partial charge in [-0.3, -0.25) is 15.0 Å². The van der Waals surface area contributed by atoms with Gasteiger partial charge in [0.25, 0.3) is 0 Å². The molecule has 0 heterocycles. The van der Waals surface area contributed by atoms with E-state index in [1.165, 1.54) is 12.1 Å². The SMILES string of the molecule is CN(CC(=O)NC(=O)NC(C)(C)C)Cc1ccc(OC(F)F)cc1. The number of benzene rings is 1. The Morgan fingerprint density at radius 1 is 1.21 bits per heavy atom. The van der Waals surface area contributed by atoms with E-state index >= 15 is 0 Å². The van der Waals surface area contributed by atoms with Crippen molar-refractivity contribution in [2.75, 3.05) is 13.6 Å². The average Bonchev–Trinajstić information content (AvgIpc) is 2.37. The molecule has 1 rings (SSSR count). The number of ether oxygens (including phenoxy) is 1. The molecule has 0 bridgehead atoms. The molecule has 6 nitrogen and oxygen atoms in total. The van der Waals surface area contributed by atoms with Gasteiger partial charge in [0.05, 0.1) is 6.54 Å². The van der Waals surface area contributed by atoms with E-state index in [2.05, 4.69) is 15.4 Å². The van der Waals surface area contributed by atoms with E-state index in [4.69, 9.17) is 0 Å². The quantitative estimate of drug-likeness (QED) is 0.832. The van der Waals surface area contributed by atoms with E-state index in [0.717, 1.165) is 5.56 Å². The number of hydrogen-bond acceptors (Lipinski definition) is 4. The smallest absolute Gasteiger partial charge is 0.387 e. The highest BCUT2D eigenvalue weighted by molar-refractivity contribution is 5.95. The molecule has 0 aliphatic heterocycles. The standard InChI is InChI=1S/C16H23F2N3O3/c1-16(2,3)20-15(23)19-13(22)10-21(4)9-11-5-7-12(8-6-11)24-14(17)18/h5-8,14H,9-10H2,1-4H3,(H2,19,20,22,23). The van der Waals surface area contributed by atoms with Crippen molar-refractivity contribution in [3.63, 3.8) is 0 Å². The minimum atomic E-state index is -2.86. The number of carbonyl (C=O) groups is 2. The first-order chi connectivity index (χ1) is 11.0. The highest BCUT2D eigenvalue weighted by atomic mass is 19.3. The molecule has 1 aromatic carbocycles. The number of carbonyl (C=O) groups excluding carboxylic acids is 2. The van der Waals surface area contributed by atoms with Gasteiger partial charge in [-0.2, -0.15) is 8.78 Å². The van der Waals surface area contributed by atoms with Gasteiger partial charge >= 0.3 is 12.6 Å². The van der Waals surface area contributed by atoms with E-state index in [1.54, 1.807) is 24.1 Å². The number of hydrogen-bond donors (Lipinski definition) is 2. The Bertz CT molecular complexity index is 557. The predicted octanol–water partition coefficient (Wildman–Crippen LogP) is 2.34. The number of urea groups is 1. The minimum Gasteiger partial charge on any atom is -0.435 e. The summed E-state index contributed by atoms with van der Waals surface area (Å²) in [5.74, 6) is -0.357. The lowest BCUT2D eigenvalue weighted by atomic mass is 10.1. The van der Waals surface area contributed by atoms with Crippen molar-refractivity contribution in [2.45, 2.75) is 39.5 Å². The highest BCUT2D eigenvalue weighted by Crippen LogP contribution is 2.15. The summed E-state index contributed by atoms with van der Waals surface area (Å²) < 4.78 is 28.4. The molecule has 0 radical (unpaired) electrons. The van der Waals surface area contributed by atoms with Gasteiger partial charge in [-0.1, -0.05) is 12.1 Å². The lowest BCUT2D eigenvalue weighted by Crippen LogP contribution is -2.50. The van der Waals surface area contributed by atoms with Crippen LogP contribution in [0.3, 0.4) is 0 Å². The van der Waals surface area contributed by atoms with Crippen molar-refractivity contribution < 1.29 is 23.1 Å². The Kier molecular flexibility index (Phi) is 7.09. The lowest BCUT2D eigenvalue weighted by Gasteiger charge is -2.21. The second-order valence-corrected chi connectivity index (χ2v) is 6.45. The van der Waals surface area contributed by atoms with Crippen LogP contribution in [0, 0.1) is 0 Å². The van der Waals surface area contributed by atoms with E-state index in [9.17, 15) is 18.4 Å². The molecule has 3 amide bonds. The van der Waals surface area contributed by atoms with Gasteiger partial charge < -0.3 is 10.1 Å². The Balaban J connectivity index is 2.43. The molecule has 0 atom stereocenters. The molecule has 0 aromatic heterocycles. The van der Waals surface area contributed by atoms with Crippen LogP contribution < -0.4 is 15.4 Å². The van der Waals surface area contributed by atoms with Crippen molar-refractivity contribution in [1.29, 1.82) is 0 Å². The maximum Gasteiger partial charge on any atom is 0.387 e. The molecular formula is C16H23F2N3O3. The van der Waals surface area contributed by atoms with Crippen LogP contribution in [0.25, 0.3) is 0 Å². The lowest BCUT2D eigenvalue weighted by molar-refractivity contribution is -0.121. The Morgan fingerprint density at radius 3 is 2.29 bits per heavy atom. The van der Waals surface area contributed by atoms with E-state index in [-0.39, 0.29) is 12.3 Å². The van der Waals surface area contributed by atoms with Gasteiger partial charge in [0.1, 0.15) is 5.75 Å². The molecule has 1 aromatic rings. The van der Waals surface area contributed by atoms with Crippen molar-refractivity contribution in [3.8, 4) is 5.75 Å². The van der Waals surface area contributed by atoms with Crippen LogP contribution in [-0.4, -0.2) is 42.6 Å². The number of likely N-dealkylation sites (N-methyl/N-ethyl adjacent to an activating group) is 1. The second-order valence-electron chi connectivity index (χ2n) is 6.45. The van der Waals surface area contributed by atoms with Gasteiger partial charge in [-0.25, -0.2) is 4.79 Å². The molecule has 2 N–H and O–H groups in total. The molecule has 0 saturated heterocycles. The Morgan fingerprint density at radius 2 is 1.79 bits per heavy atom. The first-order valence-electron chi connectivity index (χ1n) is 7.39. The summed E-state index contributed by atoms with van der Waals surface area (Å²) >= 11 is 0. The average molecular weight is 343 g/mol. The van der Waals surface area contributed by atoms with E-state index < -0.39 is 24.1 Å². The van der Waals surface area contributed by atoms with Crippen LogP contribution in [-0.2, 0) is 11.3 Å². The van der Waals surface area contributed by atoms with Crippen molar-refractivity contribution in [3.05, 3.63) is 29.8 Å². The van der Waals surface area contributed by atoms with Gasteiger partial charge in [-0.15, -0.1) is 0 Å². The Labute approximate surface area is 140 Å². The van der Waals surface area contributed by atoms with Crippen LogP contribution in [0.4, 0.5) is 13.6 Å².